The maximum Gasteiger partial charge on any atom is 0.227 e. The van der Waals surface area contributed by atoms with Crippen LogP contribution in [0.25, 0.3) is 11.5 Å². The highest BCUT2D eigenvalue weighted by Crippen LogP contribution is 2.25. The van der Waals surface area contributed by atoms with E-state index in [1.54, 1.807) is 6.20 Å². The molecule has 0 atom stereocenters. The lowest BCUT2D eigenvalue weighted by Gasteiger charge is -2.21. The number of nitrogens with zero attached hydrogens (tertiary/aromatic N) is 1. The number of sulfone groups is 1. The van der Waals surface area contributed by atoms with Gasteiger partial charge in [-0.25, -0.2) is 13.4 Å². The first-order chi connectivity index (χ1) is 10.9. The van der Waals surface area contributed by atoms with Crippen LogP contribution in [-0.4, -0.2) is 30.8 Å². The van der Waals surface area contributed by atoms with Gasteiger partial charge in [-0.1, -0.05) is 0 Å². The number of aryl methyl sites for hydroxylation is 1. The van der Waals surface area contributed by atoms with Crippen LogP contribution in [0, 0.1) is 12.8 Å². The molecule has 2 heterocycles. The van der Waals surface area contributed by atoms with E-state index in [4.69, 9.17) is 4.42 Å². The third-order valence-corrected chi connectivity index (χ3v) is 5.80. The summed E-state index contributed by atoms with van der Waals surface area (Å²) in [6, 6.07) is 5.54. The summed E-state index contributed by atoms with van der Waals surface area (Å²) in [7, 11) is -2.96. The molecule has 1 saturated heterocycles. The predicted molar refractivity (Wildman–Crippen MR) is 86.7 cm³/mol. The van der Waals surface area contributed by atoms with E-state index in [9.17, 15) is 13.2 Å². The Morgan fingerprint density at radius 2 is 2.04 bits per heavy atom. The Balaban J connectivity index is 1.69. The second kappa shape index (κ2) is 6.16. The van der Waals surface area contributed by atoms with Gasteiger partial charge in [0.1, 0.15) is 16.1 Å². The normalized spacial score (nSPS) is 17.8. The fourth-order valence-electron chi connectivity index (χ4n) is 2.69. The van der Waals surface area contributed by atoms with Crippen LogP contribution in [0.2, 0.25) is 0 Å². The zero-order chi connectivity index (χ0) is 16.4. The van der Waals surface area contributed by atoms with E-state index in [0.717, 1.165) is 16.8 Å². The average molecular weight is 334 g/mol. The fourth-order valence-corrected chi connectivity index (χ4v) is 4.18. The van der Waals surface area contributed by atoms with E-state index in [-0.39, 0.29) is 23.3 Å². The number of benzene rings is 1. The minimum atomic E-state index is -2.96. The minimum absolute atomic E-state index is 0.0904. The summed E-state index contributed by atoms with van der Waals surface area (Å²) in [4.78, 5) is 16.4. The van der Waals surface area contributed by atoms with Crippen LogP contribution in [0.1, 0.15) is 18.4 Å². The van der Waals surface area contributed by atoms with Gasteiger partial charge in [-0.05, 0) is 43.5 Å². The summed E-state index contributed by atoms with van der Waals surface area (Å²) in [5, 5.41) is 2.89. The molecule has 6 nitrogen and oxygen atoms in total. The van der Waals surface area contributed by atoms with E-state index in [1.165, 1.54) is 6.26 Å². The van der Waals surface area contributed by atoms with Crippen molar-refractivity contribution in [3.63, 3.8) is 0 Å². The van der Waals surface area contributed by atoms with Crippen molar-refractivity contribution in [2.75, 3.05) is 16.8 Å². The summed E-state index contributed by atoms with van der Waals surface area (Å²) >= 11 is 0. The molecule has 1 aromatic heterocycles. The number of aromatic nitrogens is 1. The number of hydrogen-bond acceptors (Lipinski definition) is 5. The van der Waals surface area contributed by atoms with Gasteiger partial charge < -0.3 is 9.73 Å². The number of rotatable bonds is 3. The van der Waals surface area contributed by atoms with Gasteiger partial charge in [-0.3, -0.25) is 4.79 Å². The Morgan fingerprint density at radius 3 is 2.65 bits per heavy atom. The fraction of sp³-hybridized carbons (Fsp3) is 0.375. The zero-order valence-electron chi connectivity index (χ0n) is 12.8. The highest BCUT2D eigenvalue weighted by atomic mass is 32.2. The maximum atomic E-state index is 12.3. The lowest BCUT2D eigenvalue weighted by Crippen LogP contribution is -2.32. The molecule has 1 aliphatic heterocycles. The number of oxazole rings is 1. The molecule has 0 unspecified atom stereocenters. The van der Waals surface area contributed by atoms with Crippen LogP contribution in [0.3, 0.4) is 0 Å². The van der Waals surface area contributed by atoms with Crippen LogP contribution in [0.4, 0.5) is 5.69 Å². The van der Waals surface area contributed by atoms with Crippen LogP contribution in [-0.2, 0) is 14.6 Å². The van der Waals surface area contributed by atoms with Crippen molar-refractivity contribution in [2.24, 2.45) is 5.92 Å². The summed E-state index contributed by atoms with van der Waals surface area (Å²) in [5.74, 6) is 0.347. The summed E-state index contributed by atoms with van der Waals surface area (Å²) < 4.78 is 28.1. The van der Waals surface area contributed by atoms with Crippen LogP contribution < -0.4 is 5.32 Å². The maximum absolute atomic E-state index is 12.3. The molecule has 122 valence electrons. The number of carbonyl (C=O) groups is 1. The molecule has 7 heteroatoms. The topological polar surface area (TPSA) is 89.3 Å². The van der Waals surface area contributed by atoms with Gasteiger partial charge in [0, 0.05) is 17.2 Å². The molecule has 1 aromatic carbocycles. The average Bonchev–Trinajstić information content (AvgIpc) is 3.03. The zero-order valence-corrected chi connectivity index (χ0v) is 13.6. The third-order valence-electron chi connectivity index (χ3n) is 4.09. The van der Waals surface area contributed by atoms with Crippen molar-refractivity contribution in [1.82, 2.24) is 4.98 Å². The molecule has 3 rings (SSSR count). The summed E-state index contributed by atoms with van der Waals surface area (Å²) in [6.07, 6.45) is 3.87. The van der Waals surface area contributed by atoms with E-state index in [0.29, 0.717) is 18.7 Å². The summed E-state index contributed by atoms with van der Waals surface area (Å²) in [5.41, 5.74) is 2.46. The first kappa shape index (κ1) is 15.7. The van der Waals surface area contributed by atoms with Crippen molar-refractivity contribution in [3.8, 4) is 11.5 Å². The predicted octanol–water partition coefficient (Wildman–Crippen LogP) is 2.41. The highest BCUT2D eigenvalue weighted by Gasteiger charge is 2.28. The molecular weight excluding hydrogens is 316 g/mol. The van der Waals surface area contributed by atoms with Gasteiger partial charge in [0.2, 0.25) is 11.8 Å². The molecule has 0 bridgehead atoms. The highest BCUT2D eigenvalue weighted by molar-refractivity contribution is 7.91. The van der Waals surface area contributed by atoms with Crippen LogP contribution in [0.15, 0.2) is 35.1 Å². The Labute approximate surface area is 134 Å². The third kappa shape index (κ3) is 3.61. The first-order valence-electron chi connectivity index (χ1n) is 7.46. The molecule has 23 heavy (non-hydrogen) atoms. The molecule has 2 aromatic rings. The number of nitrogens with one attached hydrogen (secondary N) is 1. The van der Waals surface area contributed by atoms with Crippen molar-refractivity contribution in [1.29, 1.82) is 0 Å². The molecule has 0 saturated carbocycles. The number of anilines is 1. The van der Waals surface area contributed by atoms with E-state index in [2.05, 4.69) is 10.3 Å². The molecule has 1 fully saturated rings. The van der Waals surface area contributed by atoms with Gasteiger partial charge in [0.05, 0.1) is 17.7 Å². The molecule has 1 amide bonds. The molecule has 0 radical (unpaired) electrons. The Bertz CT molecular complexity index is 799. The number of carbonyl (C=O) groups excluding carboxylic acids is 1. The monoisotopic (exact) mass is 334 g/mol. The van der Waals surface area contributed by atoms with Gasteiger partial charge in [-0.15, -0.1) is 0 Å². The molecule has 1 N–H and O–H groups in total. The van der Waals surface area contributed by atoms with Crippen molar-refractivity contribution >= 4 is 21.4 Å². The van der Waals surface area contributed by atoms with E-state index in [1.807, 2.05) is 25.1 Å². The largest absolute Gasteiger partial charge is 0.445 e. The molecule has 1 aliphatic rings. The van der Waals surface area contributed by atoms with Crippen LogP contribution in [0.5, 0.6) is 0 Å². The van der Waals surface area contributed by atoms with Crippen LogP contribution >= 0.6 is 0 Å². The lowest BCUT2D eigenvalue weighted by molar-refractivity contribution is -0.120. The first-order valence-corrected chi connectivity index (χ1v) is 9.28. The molecule has 0 spiro atoms. The Kier molecular flexibility index (Phi) is 4.21. The standard InChI is InChI=1S/C16H18N2O4S/c1-11-10-13(16-17-6-7-22-16)2-3-14(11)18-15(19)12-4-8-23(20,21)9-5-12/h2-3,6-7,10,12H,4-5,8-9H2,1H3,(H,18,19). The van der Waals surface area contributed by atoms with Gasteiger partial charge >= 0.3 is 0 Å². The second-order valence-corrected chi connectivity index (χ2v) is 8.09. The quantitative estimate of drug-likeness (QED) is 0.931. The smallest absolute Gasteiger partial charge is 0.227 e. The van der Waals surface area contributed by atoms with Crippen molar-refractivity contribution in [2.45, 2.75) is 19.8 Å². The van der Waals surface area contributed by atoms with Crippen molar-refractivity contribution in [3.05, 3.63) is 36.2 Å². The van der Waals surface area contributed by atoms with Gasteiger partial charge in [0.25, 0.3) is 0 Å². The molecular formula is C16H18N2O4S. The SMILES string of the molecule is Cc1cc(-c2ncco2)ccc1NC(=O)C1CCS(=O)(=O)CC1. The number of hydrogen-bond donors (Lipinski definition) is 1. The van der Waals surface area contributed by atoms with E-state index < -0.39 is 9.84 Å². The summed E-state index contributed by atoms with van der Waals surface area (Å²) in [6.45, 7) is 1.90. The Morgan fingerprint density at radius 1 is 1.30 bits per heavy atom. The Hall–Kier alpha value is -2.15. The van der Waals surface area contributed by atoms with Gasteiger partial charge in [0.15, 0.2) is 0 Å². The molecule has 0 aliphatic carbocycles. The second-order valence-electron chi connectivity index (χ2n) is 5.78. The number of amides is 1. The lowest BCUT2D eigenvalue weighted by atomic mass is 10.0. The van der Waals surface area contributed by atoms with E-state index >= 15 is 0 Å². The van der Waals surface area contributed by atoms with Crippen molar-refractivity contribution < 1.29 is 17.6 Å². The van der Waals surface area contributed by atoms with Gasteiger partial charge in [-0.2, -0.15) is 0 Å². The minimum Gasteiger partial charge on any atom is -0.445 e.